The number of nitrogens with one attached hydrogen (secondary N) is 1. The molecule has 0 radical (unpaired) electrons. The molecule has 4 heteroatoms. The van der Waals surface area contributed by atoms with Gasteiger partial charge in [-0.2, -0.15) is 0 Å². The van der Waals surface area contributed by atoms with Crippen molar-refractivity contribution in [3.63, 3.8) is 0 Å². The largest absolute Gasteiger partial charge is 0.451 e. The van der Waals surface area contributed by atoms with Gasteiger partial charge in [-0.05, 0) is 31.4 Å². The van der Waals surface area contributed by atoms with Gasteiger partial charge in [-0.3, -0.25) is 9.59 Å². The first-order valence-corrected chi connectivity index (χ1v) is 6.77. The van der Waals surface area contributed by atoms with E-state index in [0.29, 0.717) is 17.9 Å². The molecule has 1 atom stereocenters. The van der Waals surface area contributed by atoms with Gasteiger partial charge < -0.3 is 9.73 Å². The zero-order valence-corrected chi connectivity index (χ0v) is 12.0. The molecule has 1 heterocycles. The van der Waals surface area contributed by atoms with Crippen LogP contribution in [-0.4, -0.2) is 17.7 Å². The highest BCUT2D eigenvalue weighted by Gasteiger charge is 2.21. The summed E-state index contributed by atoms with van der Waals surface area (Å²) in [6, 6.07) is 8.66. The highest BCUT2D eigenvalue weighted by Crippen LogP contribution is 2.19. The molecule has 20 heavy (non-hydrogen) atoms. The van der Waals surface area contributed by atoms with Gasteiger partial charge in [0.2, 0.25) is 0 Å². The lowest BCUT2D eigenvalue weighted by Crippen LogP contribution is -2.40. The predicted molar refractivity (Wildman–Crippen MR) is 77.6 cm³/mol. The van der Waals surface area contributed by atoms with Crippen molar-refractivity contribution in [2.24, 2.45) is 5.92 Å². The third-order valence-electron chi connectivity index (χ3n) is 3.15. The fourth-order valence-corrected chi connectivity index (χ4v) is 2.12. The number of amides is 1. The quantitative estimate of drug-likeness (QED) is 0.910. The van der Waals surface area contributed by atoms with Crippen molar-refractivity contribution in [1.82, 2.24) is 5.32 Å². The van der Waals surface area contributed by atoms with Gasteiger partial charge in [0.25, 0.3) is 5.91 Å². The van der Waals surface area contributed by atoms with Crippen LogP contribution >= 0.6 is 0 Å². The summed E-state index contributed by atoms with van der Waals surface area (Å²) in [5.41, 5.74) is 0.667. The van der Waals surface area contributed by atoms with Crippen molar-refractivity contribution in [2.45, 2.75) is 33.2 Å². The average Bonchev–Trinajstić information content (AvgIpc) is 2.81. The lowest BCUT2D eigenvalue weighted by Gasteiger charge is -2.16. The molecular weight excluding hydrogens is 254 g/mol. The van der Waals surface area contributed by atoms with Gasteiger partial charge in [0.05, 0.1) is 6.04 Å². The summed E-state index contributed by atoms with van der Waals surface area (Å²) in [6.45, 7) is 5.53. The summed E-state index contributed by atoms with van der Waals surface area (Å²) in [6.07, 6.45) is 0.626. The van der Waals surface area contributed by atoms with E-state index < -0.39 is 6.04 Å². The van der Waals surface area contributed by atoms with Gasteiger partial charge in [0.1, 0.15) is 5.58 Å². The molecule has 0 aliphatic heterocycles. The van der Waals surface area contributed by atoms with Crippen molar-refractivity contribution in [2.75, 3.05) is 0 Å². The van der Waals surface area contributed by atoms with E-state index >= 15 is 0 Å². The molecule has 2 rings (SSSR count). The normalized spacial score (nSPS) is 12.6. The lowest BCUT2D eigenvalue weighted by atomic mass is 10.0. The van der Waals surface area contributed by atoms with Crippen molar-refractivity contribution in [3.05, 3.63) is 36.1 Å². The van der Waals surface area contributed by atoms with E-state index in [-0.39, 0.29) is 17.5 Å². The minimum Gasteiger partial charge on any atom is -0.451 e. The highest BCUT2D eigenvalue weighted by atomic mass is 16.3. The molecule has 0 saturated carbocycles. The molecule has 1 amide bonds. The summed E-state index contributed by atoms with van der Waals surface area (Å²) >= 11 is 0. The number of para-hydroxylation sites is 1. The zero-order valence-electron chi connectivity index (χ0n) is 12.0. The molecule has 0 spiro atoms. The molecule has 0 saturated heterocycles. The first-order valence-electron chi connectivity index (χ1n) is 6.77. The molecule has 4 nitrogen and oxygen atoms in total. The highest BCUT2D eigenvalue weighted by molar-refractivity contribution is 5.98. The molecule has 0 fully saturated rings. The Hall–Kier alpha value is -2.10. The standard InChI is InChI=1S/C16H19NO3/c1-10(2)8-13(11(3)18)17-16(19)15-9-12-6-4-5-7-14(12)20-15/h4-7,9-10,13H,8H2,1-3H3,(H,17,19)/t13-/m0/s1. The SMILES string of the molecule is CC(=O)[C@H](CC(C)C)NC(=O)c1cc2ccccc2o1. The van der Waals surface area contributed by atoms with Gasteiger partial charge >= 0.3 is 0 Å². The van der Waals surface area contributed by atoms with E-state index in [1.165, 1.54) is 6.92 Å². The van der Waals surface area contributed by atoms with E-state index in [1.54, 1.807) is 6.07 Å². The second kappa shape index (κ2) is 5.90. The average molecular weight is 273 g/mol. The van der Waals surface area contributed by atoms with Gasteiger partial charge in [-0.15, -0.1) is 0 Å². The minimum absolute atomic E-state index is 0.0387. The monoisotopic (exact) mass is 273 g/mol. The van der Waals surface area contributed by atoms with E-state index in [4.69, 9.17) is 4.42 Å². The molecule has 0 unspecified atom stereocenters. The van der Waals surface area contributed by atoms with E-state index in [0.717, 1.165) is 5.39 Å². The Labute approximate surface area is 118 Å². The Kier molecular flexibility index (Phi) is 4.23. The molecule has 0 aliphatic carbocycles. The topological polar surface area (TPSA) is 59.3 Å². The van der Waals surface area contributed by atoms with Crippen LogP contribution in [0.4, 0.5) is 0 Å². The van der Waals surface area contributed by atoms with Gasteiger partial charge in [-0.1, -0.05) is 32.0 Å². The van der Waals surface area contributed by atoms with Crippen LogP contribution in [0.5, 0.6) is 0 Å². The number of rotatable bonds is 5. The molecule has 1 aromatic carbocycles. The second-order valence-electron chi connectivity index (χ2n) is 5.41. The van der Waals surface area contributed by atoms with E-state index in [2.05, 4.69) is 5.32 Å². The van der Waals surface area contributed by atoms with Crippen LogP contribution in [0.2, 0.25) is 0 Å². The van der Waals surface area contributed by atoms with Crippen molar-refractivity contribution >= 4 is 22.7 Å². The van der Waals surface area contributed by atoms with Crippen LogP contribution in [0.1, 0.15) is 37.7 Å². The fraction of sp³-hybridized carbons (Fsp3) is 0.375. The number of hydrogen-bond donors (Lipinski definition) is 1. The van der Waals surface area contributed by atoms with Crippen LogP contribution in [0, 0.1) is 5.92 Å². The third-order valence-corrected chi connectivity index (χ3v) is 3.15. The lowest BCUT2D eigenvalue weighted by molar-refractivity contribution is -0.119. The molecular formula is C16H19NO3. The van der Waals surface area contributed by atoms with Crippen LogP contribution in [0.25, 0.3) is 11.0 Å². The smallest absolute Gasteiger partial charge is 0.287 e. The van der Waals surface area contributed by atoms with Crippen LogP contribution < -0.4 is 5.32 Å². The molecule has 1 N–H and O–H groups in total. The van der Waals surface area contributed by atoms with Crippen molar-refractivity contribution in [3.8, 4) is 0 Å². The van der Waals surface area contributed by atoms with Crippen LogP contribution in [-0.2, 0) is 4.79 Å². The maximum absolute atomic E-state index is 12.2. The van der Waals surface area contributed by atoms with Crippen LogP contribution in [0.15, 0.2) is 34.7 Å². The Bertz CT molecular complexity index is 594. The first kappa shape index (κ1) is 14.3. The van der Waals surface area contributed by atoms with E-state index in [1.807, 2.05) is 38.1 Å². The third kappa shape index (κ3) is 3.26. The minimum atomic E-state index is -0.462. The number of carbonyl (C=O) groups excluding carboxylic acids is 2. The number of Topliss-reactive ketones (excluding diaryl/α,β-unsaturated/α-hetero) is 1. The Morgan fingerprint density at radius 2 is 1.95 bits per heavy atom. The Balaban J connectivity index is 2.15. The maximum Gasteiger partial charge on any atom is 0.287 e. The summed E-state index contributed by atoms with van der Waals surface area (Å²) in [7, 11) is 0. The Morgan fingerprint density at radius 3 is 2.55 bits per heavy atom. The first-order chi connectivity index (χ1) is 9.47. The Morgan fingerprint density at radius 1 is 1.25 bits per heavy atom. The molecule has 0 aliphatic rings. The predicted octanol–water partition coefficient (Wildman–Crippen LogP) is 3.17. The second-order valence-corrected chi connectivity index (χ2v) is 5.41. The number of ketones is 1. The van der Waals surface area contributed by atoms with E-state index in [9.17, 15) is 9.59 Å². The molecule has 106 valence electrons. The number of benzene rings is 1. The number of carbonyl (C=O) groups is 2. The molecule has 1 aromatic heterocycles. The number of furan rings is 1. The van der Waals surface area contributed by atoms with Crippen molar-refractivity contribution in [1.29, 1.82) is 0 Å². The fourth-order valence-electron chi connectivity index (χ4n) is 2.12. The summed E-state index contributed by atoms with van der Waals surface area (Å²) in [5.74, 6) is 0.186. The summed E-state index contributed by atoms with van der Waals surface area (Å²) in [5, 5.41) is 3.62. The molecule has 0 bridgehead atoms. The number of hydrogen-bond acceptors (Lipinski definition) is 3. The summed E-state index contributed by atoms with van der Waals surface area (Å²) < 4.78 is 5.49. The molecule has 2 aromatic rings. The summed E-state index contributed by atoms with van der Waals surface area (Å²) in [4.78, 5) is 23.7. The van der Waals surface area contributed by atoms with Crippen LogP contribution in [0.3, 0.4) is 0 Å². The van der Waals surface area contributed by atoms with Gasteiger partial charge in [-0.25, -0.2) is 0 Å². The maximum atomic E-state index is 12.2. The van der Waals surface area contributed by atoms with Gasteiger partial charge in [0.15, 0.2) is 11.5 Å². The zero-order chi connectivity index (χ0) is 14.7. The van der Waals surface area contributed by atoms with Crippen molar-refractivity contribution < 1.29 is 14.0 Å². The van der Waals surface area contributed by atoms with Gasteiger partial charge in [0, 0.05) is 5.39 Å². The number of fused-ring (bicyclic) bond motifs is 1.